The highest BCUT2D eigenvalue weighted by atomic mass is 32.2. The third-order valence-corrected chi connectivity index (χ3v) is 3.99. The summed E-state index contributed by atoms with van der Waals surface area (Å²) in [6.45, 7) is 6.22. The molecule has 0 saturated carbocycles. The largest absolute Gasteiger partial charge is 0.317 e. The standard InChI is InChI=1S/C10H23NOS/c1-9(2)13(12)8-6-5-7-10(3)11-4/h9-11H,5-8H2,1-4H3. The first-order valence-electron chi connectivity index (χ1n) is 5.12. The van der Waals surface area contributed by atoms with Crippen molar-refractivity contribution in [1.82, 2.24) is 5.32 Å². The van der Waals surface area contributed by atoms with Crippen molar-refractivity contribution in [3.8, 4) is 0 Å². The average molecular weight is 205 g/mol. The van der Waals surface area contributed by atoms with Crippen molar-refractivity contribution in [3.05, 3.63) is 0 Å². The minimum atomic E-state index is -0.609. The molecule has 0 heterocycles. The van der Waals surface area contributed by atoms with Crippen LogP contribution in [0.3, 0.4) is 0 Å². The molecule has 3 heteroatoms. The Morgan fingerprint density at radius 1 is 1.23 bits per heavy atom. The van der Waals surface area contributed by atoms with E-state index in [0.717, 1.165) is 12.2 Å². The summed E-state index contributed by atoms with van der Waals surface area (Å²) < 4.78 is 11.4. The highest BCUT2D eigenvalue weighted by molar-refractivity contribution is 7.85. The Kier molecular flexibility index (Phi) is 7.57. The fraction of sp³-hybridized carbons (Fsp3) is 1.00. The lowest BCUT2D eigenvalue weighted by atomic mass is 10.1. The minimum absolute atomic E-state index is 0.321. The average Bonchev–Trinajstić information content (AvgIpc) is 2.11. The molecule has 0 aromatic heterocycles. The van der Waals surface area contributed by atoms with Crippen molar-refractivity contribution >= 4 is 10.8 Å². The molecule has 0 aromatic carbocycles. The van der Waals surface area contributed by atoms with Crippen molar-refractivity contribution < 1.29 is 4.21 Å². The van der Waals surface area contributed by atoms with Crippen LogP contribution < -0.4 is 5.32 Å². The summed E-state index contributed by atoms with van der Waals surface area (Å²) in [6.07, 6.45) is 3.46. The van der Waals surface area contributed by atoms with E-state index in [1.54, 1.807) is 0 Å². The van der Waals surface area contributed by atoms with Crippen molar-refractivity contribution in [1.29, 1.82) is 0 Å². The van der Waals surface area contributed by atoms with Gasteiger partial charge in [-0.3, -0.25) is 4.21 Å². The third-order valence-electron chi connectivity index (χ3n) is 2.25. The SMILES string of the molecule is CNC(C)CCCCS(=O)C(C)C. The zero-order valence-electron chi connectivity index (χ0n) is 9.30. The van der Waals surface area contributed by atoms with Crippen LogP contribution in [0.15, 0.2) is 0 Å². The van der Waals surface area contributed by atoms with Gasteiger partial charge in [-0.2, -0.15) is 0 Å². The number of hydrogen-bond acceptors (Lipinski definition) is 2. The van der Waals surface area contributed by atoms with Crippen LogP contribution in [0.5, 0.6) is 0 Å². The van der Waals surface area contributed by atoms with Crippen LogP contribution in [0.2, 0.25) is 0 Å². The van der Waals surface area contributed by atoms with Crippen LogP contribution in [0.1, 0.15) is 40.0 Å². The van der Waals surface area contributed by atoms with Gasteiger partial charge in [-0.05, 0) is 26.8 Å². The first-order chi connectivity index (χ1) is 6.07. The molecule has 0 aliphatic rings. The molecule has 0 aliphatic heterocycles. The van der Waals surface area contributed by atoms with E-state index in [2.05, 4.69) is 12.2 Å². The molecule has 0 saturated heterocycles. The smallest absolute Gasteiger partial charge is 0.0291 e. The summed E-state index contributed by atoms with van der Waals surface area (Å²) in [5.41, 5.74) is 0. The zero-order valence-corrected chi connectivity index (χ0v) is 10.1. The Bertz CT molecular complexity index is 148. The fourth-order valence-electron chi connectivity index (χ4n) is 1.07. The van der Waals surface area contributed by atoms with Crippen LogP contribution in [0, 0.1) is 0 Å². The molecule has 0 bridgehead atoms. The van der Waals surface area contributed by atoms with Gasteiger partial charge in [-0.25, -0.2) is 0 Å². The molecule has 0 fully saturated rings. The van der Waals surface area contributed by atoms with Crippen molar-refractivity contribution in [2.75, 3.05) is 12.8 Å². The van der Waals surface area contributed by atoms with E-state index in [-0.39, 0.29) is 0 Å². The van der Waals surface area contributed by atoms with E-state index in [0.29, 0.717) is 11.3 Å². The lowest BCUT2D eigenvalue weighted by Crippen LogP contribution is -2.21. The Hall–Kier alpha value is 0.110. The Labute approximate surface area is 84.9 Å². The number of rotatable bonds is 7. The molecule has 80 valence electrons. The predicted molar refractivity (Wildman–Crippen MR) is 60.5 cm³/mol. The van der Waals surface area contributed by atoms with E-state index in [4.69, 9.17) is 0 Å². The van der Waals surface area contributed by atoms with Gasteiger partial charge in [0.25, 0.3) is 0 Å². The number of nitrogens with one attached hydrogen (secondary N) is 1. The zero-order chi connectivity index (χ0) is 10.3. The summed E-state index contributed by atoms with van der Waals surface area (Å²) >= 11 is 0. The monoisotopic (exact) mass is 205 g/mol. The minimum Gasteiger partial charge on any atom is -0.317 e. The molecule has 0 radical (unpaired) electrons. The molecular weight excluding hydrogens is 182 g/mol. The highest BCUT2D eigenvalue weighted by Crippen LogP contribution is 2.03. The van der Waals surface area contributed by atoms with E-state index in [1.807, 2.05) is 20.9 Å². The molecule has 2 atom stereocenters. The van der Waals surface area contributed by atoms with Gasteiger partial charge in [0, 0.05) is 27.8 Å². The molecule has 0 amide bonds. The quantitative estimate of drug-likeness (QED) is 0.643. The normalized spacial score (nSPS) is 16.1. The van der Waals surface area contributed by atoms with Gasteiger partial charge in [0.05, 0.1) is 0 Å². The third kappa shape index (κ3) is 7.20. The second-order valence-corrected chi connectivity index (χ2v) is 5.93. The maximum atomic E-state index is 11.4. The van der Waals surface area contributed by atoms with E-state index in [1.165, 1.54) is 12.8 Å². The second kappa shape index (κ2) is 7.51. The van der Waals surface area contributed by atoms with E-state index < -0.39 is 10.8 Å². The predicted octanol–water partition coefficient (Wildman–Crippen LogP) is 1.92. The summed E-state index contributed by atoms with van der Waals surface area (Å²) in [5, 5.41) is 3.52. The summed E-state index contributed by atoms with van der Waals surface area (Å²) in [7, 11) is 1.37. The molecule has 2 unspecified atom stereocenters. The van der Waals surface area contributed by atoms with Crippen LogP contribution in [0.4, 0.5) is 0 Å². The first-order valence-corrected chi connectivity index (χ1v) is 6.50. The Morgan fingerprint density at radius 2 is 1.85 bits per heavy atom. The van der Waals surface area contributed by atoms with Gasteiger partial charge < -0.3 is 5.32 Å². The molecule has 13 heavy (non-hydrogen) atoms. The van der Waals surface area contributed by atoms with Crippen molar-refractivity contribution in [2.45, 2.75) is 51.3 Å². The van der Waals surface area contributed by atoms with Crippen LogP contribution in [0.25, 0.3) is 0 Å². The summed E-state index contributed by atoms with van der Waals surface area (Å²) in [5.74, 6) is 0.869. The molecular formula is C10H23NOS. The lowest BCUT2D eigenvalue weighted by Gasteiger charge is -2.09. The molecule has 1 N–H and O–H groups in total. The molecule has 0 aliphatic carbocycles. The maximum absolute atomic E-state index is 11.4. The van der Waals surface area contributed by atoms with E-state index in [9.17, 15) is 4.21 Å². The van der Waals surface area contributed by atoms with Gasteiger partial charge >= 0.3 is 0 Å². The van der Waals surface area contributed by atoms with Gasteiger partial charge in [0.2, 0.25) is 0 Å². The molecule has 2 nitrogen and oxygen atoms in total. The summed E-state index contributed by atoms with van der Waals surface area (Å²) in [4.78, 5) is 0. The first kappa shape index (κ1) is 13.1. The van der Waals surface area contributed by atoms with Crippen LogP contribution in [-0.2, 0) is 10.8 Å². The topological polar surface area (TPSA) is 29.1 Å². The highest BCUT2D eigenvalue weighted by Gasteiger charge is 2.04. The fourth-order valence-corrected chi connectivity index (χ4v) is 2.03. The summed E-state index contributed by atoms with van der Waals surface area (Å²) in [6, 6.07) is 0.590. The Balaban J connectivity index is 3.31. The van der Waals surface area contributed by atoms with Crippen molar-refractivity contribution in [3.63, 3.8) is 0 Å². The Morgan fingerprint density at radius 3 is 2.31 bits per heavy atom. The van der Waals surface area contributed by atoms with Gasteiger partial charge in [0.15, 0.2) is 0 Å². The number of hydrogen-bond donors (Lipinski definition) is 1. The van der Waals surface area contributed by atoms with E-state index >= 15 is 0 Å². The van der Waals surface area contributed by atoms with Gasteiger partial charge in [-0.15, -0.1) is 0 Å². The number of unbranched alkanes of at least 4 members (excludes halogenated alkanes) is 1. The molecule has 0 aromatic rings. The molecule has 0 rings (SSSR count). The second-order valence-electron chi connectivity index (χ2n) is 3.82. The molecule has 0 spiro atoms. The lowest BCUT2D eigenvalue weighted by molar-refractivity contribution is 0.537. The van der Waals surface area contributed by atoms with Crippen LogP contribution >= 0.6 is 0 Å². The van der Waals surface area contributed by atoms with Crippen LogP contribution in [-0.4, -0.2) is 28.3 Å². The van der Waals surface area contributed by atoms with Gasteiger partial charge in [-0.1, -0.05) is 20.3 Å². The van der Waals surface area contributed by atoms with Crippen molar-refractivity contribution in [2.24, 2.45) is 0 Å². The maximum Gasteiger partial charge on any atom is 0.0291 e. The van der Waals surface area contributed by atoms with Gasteiger partial charge in [0.1, 0.15) is 0 Å².